The van der Waals surface area contributed by atoms with Gasteiger partial charge in [-0.05, 0) is 30.3 Å². The molecule has 0 bridgehead atoms. The largest absolute Gasteiger partial charge is 0.477 e. The van der Waals surface area contributed by atoms with Gasteiger partial charge < -0.3 is 10.4 Å². The summed E-state index contributed by atoms with van der Waals surface area (Å²) < 4.78 is 1.58. The second kappa shape index (κ2) is 5.28. The lowest BCUT2D eigenvalue weighted by molar-refractivity contribution is -0.114. The van der Waals surface area contributed by atoms with Crippen molar-refractivity contribution in [2.45, 2.75) is 6.92 Å². The van der Waals surface area contributed by atoms with E-state index < -0.39 is 5.97 Å². The lowest BCUT2D eigenvalue weighted by Crippen LogP contribution is -2.05. The third kappa shape index (κ3) is 2.64. The number of rotatable bonds is 3. The zero-order valence-electron chi connectivity index (χ0n) is 11.6. The van der Waals surface area contributed by atoms with Crippen LogP contribution in [0.5, 0.6) is 0 Å². The number of nitrogens with zero attached hydrogens (tertiary/aromatic N) is 3. The second-order valence-electron chi connectivity index (χ2n) is 4.73. The predicted octanol–water partition coefficient (Wildman–Crippen LogP) is 2.08. The number of nitrogens with one attached hydrogen (secondary N) is 1. The van der Waals surface area contributed by atoms with Crippen LogP contribution in [0.2, 0.25) is 0 Å². The Morgan fingerprint density at radius 3 is 2.77 bits per heavy atom. The minimum absolute atomic E-state index is 0.0454. The monoisotopic (exact) mass is 296 g/mol. The van der Waals surface area contributed by atoms with E-state index in [1.165, 1.54) is 19.2 Å². The van der Waals surface area contributed by atoms with Gasteiger partial charge in [-0.1, -0.05) is 0 Å². The highest BCUT2D eigenvalue weighted by Crippen LogP contribution is 2.20. The lowest BCUT2D eigenvalue weighted by atomic mass is 10.2. The molecular formula is C15H12N4O3. The Kier molecular flexibility index (Phi) is 3.30. The number of carboxylic acid groups (broad SMARTS) is 1. The van der Waals surface area contributed by atoms with Crippen LogP contribution >= 0.6 is 0 Å². The summed E-state index contributed by atoms with van der Waals surface area (Å²) in [6, 6.07) is 8.47. The van der Waals surface area contributed by atoms with Crippen LogP contribution in [0.15, 0.2) is 42.7 Å². The number of benzene rings is 1. The molecule has 0 saturated heterocycles. The molecule has 0 aliphatic rings. The van der Waals surface area contributed by atoms with Gasteiger partial charge in [-0.2, -0.15) is 5.10 Å². The maximum Gasteiger partial charge on any atom is 0.354 e. The highest BCUT2D eigenvalue weighted by molar-refractivity contribution is 5.92. The van der Waals surface area contributed by atoms with Gasteiger partial charge >= 0.3 is 5.97 Å². The third-order valence-electron chi connectivity index (χ3n) is 3.05. The molecule has 3 rings (SSSR count). The molecule has 1 amide bonds. The number of fused-ring (bicyclic) bond motifs is 1. The topological polar surface area (TPSA) is 97.1 Å². The first-order valence-electron chi connectivity index (χ1n) is 6.50. The molecular weight excluding hydrogens is 284 g/mol. The summed E-state index contributed by atoms with van der Waals surface area (Å²) in [4.78, 5) is 25.8. The Labute approximate surface area is 125 Å². The molecule has 3 aromatic rings. The van der Waals surface area contributed by atoms with E-state index in [-0.39, 0.29) is 11.6 Å². The molecule has 2 heterocycles. The van der Waals surface area contributed by atoms with Crippen LogP contribution < -0.4 is 5.32 Å². The molecule has 22 heavy (non-hydrogen) atoms. The fourth-order valence-corrected chi connectivity index (χ4v) is 2.12. The number of carbonyl (C=O) groups is 2. The van der Waals surface area contributed by atoms with Gasteiger partial charge in [0, 0.05) is 30.4 Å². The van der Waals surface area contributed by atoms with Crippen molar-refractivity contribution in [3.63, 3.8) is 0 Å². The summed E-state index contributed by atoms with van der Waals surface area (Å²) in [5.74, 6) is -1.24. The number of pyridine rings is 1. The molecule has 0 unspecified atom stereocenters. The van der Waals surface area contributed by atoms with E-state index in [9.17, 15) is 9.59 Å². The van der Waals surface area contributed by atoms with Gasteiger partial charge in [0.1, 0.15) is 5.69 Å². The van der Waals surface area contributed by atoms with Crippen LogP contribution in [0.4, 0.5) is 5.69 Å². The van der Waals surface area contributed by atoms with Gasteiger partial charge in [0.25, 0.3) is 0 Å². The molecule has 1 aromatic carbocycles. The van der Waals surface area contributed by atoms with Gasteiger partial charge in [-0.25, -0.2) is 14.5 Å². The number of aromatic nitrogens is 3. The minimum atomic E-state index is -1.09. The Morgan fingerprint density at radius 2 is 2.05 bits per heavy atom. The van der Waals surface area contributed by atoms with Crippen LogP contribution in [-0.2, 0) is 4.79 Å². The van der Waals surface area contributed by atoms with Crippen molar-refractivity contribution in [3.8, 4) is 5.69 Å². The zero-order chi connectivity index (χ0) is 15.7. The van der Waals surface area contributed by atoms with Crippen LogP contribution in [0, 0.1) is 0 Å². The summed E-state index contributed by atoms with van der Waals surface area (Å²) in [6.07, 6.45) is 3.19. The van der Waals surface area contributed by atoms with Gasteiger partial charge in [0.2, 0.25) is 5.91 Å². The number of hydrogen-bond donors (Lipinski definition) is 2. The summed E-state index contributed by atoms with van der Waals surface area (Å²) in [5, 5.41) is 16.9. The predicted molar refractivity (Wildman–Crippen MR) is 80.1 cm³/mol. The molecule has 0 fully saturated rings. The van der Waals surface area contributed by atoms with E-state index in [1.807, 2.05) is 0 Å². The van der Waals surface area contributed by atoms with Crippen molar-refractivity contribution in [1.29, 1.82) is 0 Å². The van der Waals surface area contributed by atoms with Gasteiger partial charge in [0.05, 0.1) is 11.2 Å². The highest BCUT2D eigenvalue weighted by atomic mass is 16.4. The average Bonchev–Trinajstić information content (AvgIpc) is 2.90. The first-order chi connectivity index (χ1) is 10.5. The van der Waals surface area contributed by atoms with Crippen molar-refractivity contribution in [3.05, 3.63) is 48.4 Å². The van der Waals surface area contributed by atoms with E-state index in [0.29, 0.717) is 11.4 Å². The smallest absolute Gasteiger partial charge is 0.354 e. The number of carboxylic acids is 1. The fraction of sp³-hybridized carbons (Fsp3) is 0.0667. The fourth-order valence-electron chi connectivity index (χ4n) is 2.12. The molecule has 2 N–H and O–H groups in total. The number of anilines is 1. The van der Waals surface area contributed by atoms with E-state index in [0.717, 1.165) is 10.9 Å². The van der Waals surface area contributed by atoms with Crippen LogP contribution in [0.25, 0.3) is 16.6 Å². The summed E-state index contributed by atoms with van der Waals surface area (Å²) in [5.41, 5.74) is 1.98. The van der Waals surface area contributed by atoms with E-state index in [4.69, 9.17) is 5.11 Å². The van der Waals surface area contributed by atoms with Crippen molar-refractivity contribution in [1.82, 2.24) is 14.8 Å². The maximum atomic E-state index is 11.1. The molecule has 0 aliphatic carbocycles. The summed E-state index contributed by atoms with van der Waals surface area (Å²) in [7, 11) is 0. The lowest BCUT2D eigenvalue weighted by Gasteiger charge is -2.01. The highest BCUT2D eigenvalue weighted by Gasteiger charge is 2.08. The number of carbonyl (C=O) groups excluding carboxylic acids is 1. The SMILES string of the molecule is CC(=O)Nc1ccc2nn(-c3ccnc(C(=O)O)c3)cc2c1. The second-order valence-corrected chi connectivity index (χ2v) is 4.73. The van der Waals surface area contributed by atoms with Gasteiger partial charge in [-0.3, -0.25) is 4.79 Å². The Bertz CT molecular complexity index is 885. The molecule has 0 radical (unpaired) electrons. The minimum Gasteiger partial charge on any atom is -0.477 e. The number of amides is 1. The van der Waals surface area contributed by atoms with Crippen molar-refractivity contribution < 1.29 is 14.7 Å². The first kappa shape index (κ1) is 13.7. The Morgan fingerprint density at radius 1 is 1.23 bits per heavy atom. The standard InChI is InChI=1S/C15H12N4O3/c1-9(20)17-11-2-3-13-10(6-11)8-19(18-13)12-4-5-16-14(7-12)15(21)22/h2-8H,1H3,(H,17,20)(H,21,22). The van der Waals surface area contributed by atoms with Crippen molar-refractivity contribution >= 4 is 28.5 Å². The molecule has 0 aliphatic heterocycles. The first-order valence-corrected chi connectivity index (χ1v) is 6.50. The molecule has 0 spiro atoms. The Balaban J connectivity index is 2.03. The van der Waals surface area contributed by atoms with Gasteiger partial charge in [0.15, 0.2) is 0 Å². The third-order valence-corrected chi connectivity index (χ3v) is 3.05. The molecule has 7 nitrogen and oxygen atoms in total. The molecule has 110 valence electrons. The van der Waals surface area contributed by atoms with E-state index in [2.05, 4.69) is 15.4 Å². The summed E-state index contributed by atoms with van der Waals surface area (Å²) >= 11 is 0. The summed E-state index contributed by atoms with van der Waals surface area (Å²) in [6.45, 7) is 1.44. The van der Waals surface area contributed by atoms with Crippen molar-refractivity contribution in [2.75, 3.05) is 5.32 Å². The molecule has 2 aromatic heterocycles. The van der Waals surface area contributed by atoms with Crippen LogP contribution in [-0.4, -0.2) is 31.7 Å². The molecule has 0 saturated carbocycles. The van der Waals surface area contributed by atoms with Crippen LogP contribution in [0.1, 0.15) is 17.4 Å². The van der Waals surface area contributed by atoms with E-state index in [1.54, 1.807) is 35.1 Å². The average molecular weight is 296 g/mol. The molecule has 7 heteroatoms. The Hall–Kier alpha value is -3.22. The zero-order valence-corrected chi connectivity index (χ0v) is 11.6. The van der Waals surface area contributed by atoms with Crippen molar-refractivity contribution in [2.24, 2.45) is 0 Å². The van der Waals surface area contributed by atoms with Crippen LogP contribution in [0.3, 0.4) is 0 Å². The normalized spacial score (nSPS) is 10.6. The van der Waals surface area contributed by atoms with E-state index >= 15 is 0 Å². The van der Waals surface area contributed by atoms with Gasteiger partial charge in [-0.15, -0.1) is 0 Å². The quantitative estimate of drug-likeness (QED) is 0.771. The number of hydrogen-bond acceptors (Lipinski definition) is 4. The molecule has 0 atom stereocenters. The number of aromatic carboxylic acids is 1. The maximum absolute atomic E-state index is 11.1.